The first-order chi connectivity index (χ1) is 14.7. The van der Waals surface area contributed by atoms with Crippen LogP contribution in [-0.4, -0.2) is 16.5 Å². The predicted molar refractivity (Wildman–Crippen MR) is 127 cm³/mol. The van der Waals surface area contributed by atoms with Gasteiger partial charge in [0, 0.05) is 20.7 Å². The highest BCUT2D eigenvalue weighted by Gasteiger charge is 2.30. The lowest BCUT2D eigenvalue weighted by atomic mass is 10.0. The van der Waals surface area contributed by atoms with Crippen molar-refractivity contribution in [2.45, 2.75) is 26.4 Å². The number of hydrogen-bond acceptors (Lipinski definition) is 4. The molecule has 4 aromatic rings. The third-order valence-corrected chi connectivity index (χ3v) is 5.66. The minimum Gasteiger partial charge on any atom is -0.478 e. The Balaban J connectivity index is 1.58. The van der Waals surface area contributed by atoms with E-state index in [9.17, 15) is 4.79 Å². The van der Waals surface area contributed by atoms with Gasteiger partial charge in [-0.05, 0) is 80.9 Å². The van der Waals surface area contributed by atoms with E-state index in [1.807, 2.05) is 49.4 Å². The molecular weight excluding hydrogens is 480 g/mol. The molecule has 158 valence electrons. The van der Waals surface area contributed by atoms with Crippen molar-refractivity contribution in [1.82, 2.24) is 4.98 Å². The average molecular weight is 500 g/mol. The Morgan fingerprint density at radius 3 is 2.61 bits per heavy atom. The number of fused-ring (bicyclic) bond motifs is 1. The number of anilines is 1. The van der Waals surface area contributed by atoms with Crippen molar-refractivity contribution in [1.29, 1.82) is 0 Å². The molecule has 7 heteroatoms. The van der Waals surface area contributed by atoms with Crippen molar-refractivity contribution in [3.63, 3.8) is 0 Å². The summed E-state index contributed by atoms with van der Waals surface area (Å²) in [6, 6.07) is 18.2. The largest absolute Gasteiger partial charge is 0.478 e. The van der Waals surface area contributed by atoms with Crippen LogP contribution < -0.4 is 10.1 Å². The highest BCUT2D eigenvalue weighted by atomic mass is 79.9. The Morgan fingerprint density at radius 1 is 1.13 bits per heavy atom. The number of amides is 1. The zero-order valence-corrected chi connectivity index (χ0v) is 19.5. The van der Waals surface area contributed by atoms with E-state index in [1.54, 1.807) is 32.0 Å². The average Bonchev–Trinajstić information content (AvgIpc) is 3.14. The van der Waals surface area contributed by atoms with Crippen molar-refractivity contribution in [3.8, 4) is 17.2 Å². The number of halogens is 2. The fraction of sp³-hybridized carbons (Fsp3) is 0.167. The number of benzene rings is 3. The molecular formula is C24H20BrClN2O3. The van der Waals surface area contributed by atoms with Crippen molar-refractivity contribution >= 4 is 50.2 Å². The van der Waals surface area contributed by atoms with E-state index < -0.39 is 5.60 Å². The molecule has 0 aliphatic heterocycles. The number of carbonyl (C=O) groups excluding carboxylic acids is 1. The van der Waals surface area contributed by atoms with Crippen molar-refractivity contribution in [2.24, 2.45) is 0 Å². The van der Waals surface area contributed by atoms with Crippen LogP contribution in [0.5, 0.6) is 5.75 Å². The normalized spacial score (nSPS) is 11.5. The summed E-state index contributed by atoms with van der Waals surface area (Å²) in [7, 11) is 0. The second kappa shape index (κ2) is 8.36. The van der Waals surface area contributed by atoms with E-state index in [0.29, 0.717) is 33.4 Å². The molecule has 0 bridgehead atoms. The van der Waals surface area contributed by atoms with Crippen LogP contribution >= 0.6 is 27.5 Å². The summed E-state index contributed by atoms with van der Waals surface area (Å²) in [6.45, 7) is 5.37. The zero-order valence-electron chi connectivity index (χ0n) is 17.2. The molecule has 31 heavy (non-hydrogen) atoms. The highest BCUT2D eigenvalue weighted by Crippen LogP contribution is 2.32. The maximum Gasteiger partial charge on any atom is 0.267 e. The fourth-order valence-electron chi connectivity index (χ4n) is 3.13. The maximum atomic E-state index is 13.0. The van der Waals surface area contributed by atoms with Crippen LogP contribution in [0.2, 0.25) is 5.02 Å². The summed E-state index contributed by atoms with van der Waals surface area (Å²) in [6.07, 6.45) is 0. The van der Waals surface area contributed by atoms with Gasteiger partial charge in [-0.15, -0.1) is 0 Å². The van der Waals surface area contributed by atoms with Gasteiger partial charge in [-0.3, -0.25) is 4.79 Å². The van der Waals surface area contributed by atoms with E-state index in [0.717, 1.165) is 15.6 Å². The van der Waals surface area contributed by atoms with Crippen molar-refractivity contribution in [2.75, 3.05) is 5.32 Å². The molecule has 4 rings (SSSR count). The lowest BCUT2D eigenvalue weighted by Crippen LogP contribution is -2.42. The molecule has 0 unspecified atom stereocenters. The lowest BCUT2D eigenvalue weighted by Gasteiger charge is -2.26. The van der Waals surface area contributed by atoms with E-state index >= 15 is 0 Å². The molecule has 0 atom stereocenters. The highest BCUT2D eigenvalue weighted by molar-refractivity contribution is 9.10. The minimum atomic E-state index is -1.08. The van der Waals surface area contributed by atoms with Gasteiger partial charge in [0.1, 0.15) is 11.3 Å². The van der Waals surface area contributed by atoms with Crippen LogP contribution in [0.4, 0.5) is 5.69 Å². The van der Waals surface area contributed by atoms with Crippen LogP contribution in [0.25, 0.3) is 22.6 Å². The standard InChI is InChI=1S/C24H20BrClN2O3/c1-14-18(22-27-20-13-16(26)9-12-21(20)30-22)5-4-6-19(14)28-23(29)24(2,3)31-17-10-7-15(25)8-11-17/h4-13H,1-3H3,(H,28,29). The van der Waals surface area contributed by atoms with Crippen molar-refractivity contribution < 1.29 is 13.9 Å². The number of carbonyl (C=O) groups is 1. The summed E-state index contributed by atoms with van der Waals surface area (Å²) < 4.78 is 12.8. The van der Waals surface area contributed by atoms with Gasteiger partial charge < -0.3 is 14.5 Å². The first kappa shape index (κ1) is 21.4. The van der Waals surface area contributed by atoms with Crippen LogP contribution in [0.1, 0.15) is 19.4 Å². The summed E-state index contributed by atoms with van der Waals surface area (Å²) in [4.78, 5) is 17.5. The number of nitrogens with one attached hydrogen (secondary N) is 1. The summed E-state index contributed by atoms with van der Waals surface area (Å²) in [5, 5.41) is 3.57. The van der Waals surface area contributed by atoms with Crippen LogP contribution in [0.15, 0.2) is 69.6 Å². The molecule has 1 amide bonds. The number of oxazole rings is 1. The Morgan fingerprint density at radius 2 is 1.87 bits per heavy atom. The molecule has 3 aromatic carbocycles. The van der Waals surface area contributed by atoms with Gasteiger partial charge in [-0.2, -0.15) is 0 Å². The van der Waals surface area contributed by atoms with Gasteiger partial charge in [0.15, 0.2) is 11.2 Å². The van der Waals surface area contributed by atoms with E-state index in [2.05, 4.69) is 26.2 Å². The minimum absolute atomic E-state index is 0.264. The van der Waals surface area contributed by atoms with Gasteiger partial charge in [-0.1, -0.05) is 33.6 Å². The number of rotatable bonds is 5. The molecule has 0 aliphatic rings. The van der Waals surface area contributed by atoms with E-state index in [4.69, 9.17) is 20.8 Å². The first-order valence-electron chi connectivity index (χ1n) is 9.65. The summed E-state index contributed by atoms with van der Waals surface area (Å²) in [5.74, 6) is 0.815. The van der Waals surface area contributed by atoms with Gasteiger partial charge in [0.2, 0.25) is 5.89 Å². The molecule has 1 heterocycles. The second-order valence-electron chi connectivity index (χ2n) is 7.63. The smallest absolute Gasteiger partial charge is 0.267 e. The fourth-order valence-corrected chi connectivity index (χ4v) is 3.57. The monoisotopic (exact) mass is 498 g/mol. The maximum absolute atomic E-state index is 13.0. The quantitative estimate of drug-likeness (QED) is 0.320. The molecule has 0 saturated heterocycles. The number of nitrogens with zero attached hydrogens (tertiary/aromatic N) is 1. The zero-order chi connectivity index (χ0) is 22.2. The third-order valence-electron chi connectivity index (χ3n) is 4.90. The van der Waals surface area contributed by atoms with Gasteiger partial charge in [-0.25, -0.2) is 4.98 Å². The molecule has 0 spiro atoms. The Labute approximate surface area is 193 Å². The number of aromatic nitrogens is 1. The molecule has 0 radical (unpaired) electrons. The SMILES string of the molecule is Cc1c(NC(=O)C(C)(C)Oc2ccc(Br)cc2)cccc1-c1nc2cc(Cl)ccc2o1. The molecule has 1 aromatic heterocycles. The summed E-state index contributed by atoms with van der Waals surface area (Å²) in [5.41, 5.74) is 2.54. The van der Waals surface area contributed by atoms with Crippen LogP contribution in [-0.2, 0) is 4.79 Å². The van der Waals surface area contributed by atoms with E-state index in [-0.39, 0.29) is 5.91 Å². The van der Waals surface area contributed by atoms with Gasteiger partial charge in [0.05, 0.1) is 0 Å². The second-order valence-corrected chi connectivity index (χ2v) is 8.98. The van der Waals surface area contributed by atoms with E-state index in [1.165, 1.54) is 0 Å². The predicted octanol–water partition coefficient (Wildman–Crippen LogP) is 7.02. The molecule has 0 saturated carbocycles. The van der Waals surface area contributed by atoms with Crippen LogP contribution in [0.3, 0.4) is 0 Å². The topological polar surface area (TPSA) is 64.4 Å². The molecule has 5 nitrogen and oxygen atoms in total. The number of ether oxygens (including phenoxy) is 1. The Bertz CT molecular complexity index is 1270. The lowest BCUT2D eigenvalue weighted by molar-refractivity contribution is -0.128. The van der Waals surface area contributed by atoms with Crippen LogP contribution in [0, 0.1) is 6.92 Å². The molecule has 0 aliphatic carbocycles. The van der Waals surface area contributed by atoms with Gasteiger partial charge in [0.25, 0.3) is 5.91 Å². The third kappa shape index (κ3) is 4.60. The van der Waals surface area contributed by atoms with Crippen molar-refractivity contribution in [3.05, 3.63) is 75.7 Å². The Hall–Kier alpha value is -2.83. The number of hydrogen-bond donors (Lipinski definition) is 1. The summed E-state index contributed by atoms with van der Waals surface area (Å²) >= 11 is 9.45. The first-order valence-corrected chi connectivity index (χ1v) is 10.8. The molecule has 1 N–H and O–H groups in total. The van der Waals surface area contributed by atoms with Gasteiger partial charge >= 0.3 is 0 Å². The molecule has 0 fully saturated rings. The Kier molecular flexibility index (Phi) is 5.77.